The van der Waals surface area contributed by atoms with Crippen molar-refractivity contribution in [2.24, 2.45) is 0 Å². The summed E-state index contributed by atoms with van der Waals surface area (Å²) in [6, 6.07) is 7.60. The number of hydrogen-bond donors (Lipinski definition) is 1. The number of nitriles is 1. The lowest BCUT2D eigenvalue weighted by Crippen LogP contribution is -2.58. The highest BCUT2D eigenvalue weighted by molar-refractivity contribution is 7.22. The molecule has 1 N–H and O–H groups in total. The highest BCUT2D eigenvalue weighted by Crippen LogP contribution is 2.32. The normalized spacial score (nSPS) is 21.9. The highest BCUT2D eigenvalue weighted by Gasteiger charge is 2.33. The van der Waals surface area contributed by atoms with Crippen LogP contribution in [0.15, 0.2) is 18.2 Å². The molecule has 0 radical (unpaired) electrons. The van der Waals surface area contributed by atoms with Gasteiger partial charge in [0.05, 0.1) is 21.8 Å². The number of nitrogens with zero attached hydrogens (tertiary/aromatic N) is 4. The van der Waals surface area contributed by atoms with Gasteiger partial charge in [0.25, 0.3) is 0 Å². The van der Waals surface area contributed by atoms with Gasteiger partial charge in [0.15, 0.2) is 5.13 Å². The Morgan fingerprint density at radius 1 is 1.41 bits per heavy atom. The quantitative estimate of drug-likeness (QED) is 0.875. The van der Waals surface area contributed by atoms with Crippen LogP contribution < -0.4 is 4.90 Å². The van der Waals surface area contributed by atoms with Gasteiger partial charge in [0.1, 0.15) is 0 Å². The van der Waals surface area contributed by atoms with Crippen LogP contribution in [0.2, 0.25) is 0 Å². The van der Waals surface area contributed by atoms with E-state index in [4.69, 9.17) is 5.26 Å². The van der Waals surface area contributed by atoms with E-state index in [0.29, 0.717) is 18.7 Å². The fourth-order valence-electron chi connectivity index (χ4n) is 2.76. The molecule has 22 heavy (non-hydrogen) atoms. The summed E-state index contributed by atoms with van der Waals surface area (Å²) in [6.45, 7) is 5.01. The van der Waals surface area contributed by atoms with E-state index in [1.54, 1.807) is 17.4 Å². The lowest BCUT2D eigenvalue weighted by Gasteiger charge is -2.42. The first-order valence-corrected chi connectivity index (χ1v) is 7.88. The van der Waals surface area contributed by atoms with Crippen molar-refractivity contribution in [3.63, 3.8) is 0 Å². The minimum atomic E-state index is -0.873. The van der Waals surface area contributed by atoms with E-state index in [1.807, 2.05) is 26.0 Å². The van der Waals surface area contributed by atoms with Crippen LogP contribution in [-0.4, -0.2) is 46.3 Å². The van der Waals surface area contributed by atoms with E-state index in [0.717, 1.165) is 15.3 Å². The summed E-state index contributed by atoms with van der Waals surface area (Å²) in [7, 11) is 0. The zero-order valence-electron chi connectivity index (χ0n) is 12.4. The molecule has 1 amide bonds. The summed E-state index contributed by atoms with van der Waals surface area (Å²) < 4.78 is 0.981. The third-order valence-corrected chi connectivity index (χ3v) is 5.04. The number of fused-ring (bicyclic) bond motifs is 1. The molecule has 1 aliphatic heterocycles. The molecule has 6 nitrogen and oxygen atoms in total. The van der Waals surface area contributed by atoms with Crippen LogP contribution in [0.5, 0.6) is 0 Å². The number of amides is 1. The first kappa shape index (κ1) is 14.6. The molecule has 3 rings (SSSR count). The highest BCUT2D eigenvalue weighted by atomic mass is 32.1. The first-order chi connectivity index (χ1) is 10.5. The molecule has 1 aromatic heterocycles. The molecule has 1 aromatic carbocycles. The average Bonchev–Trinajstić information content (AvgIpc) is 2.91. The van der Waals surface area contributed by atoms with Crippen LogP contribution in [0.3, 0.4) is 0 Å². The van der Waals surface area contributed by atoms with Crippen LogP contribution in [0, 0.1) is 11.3 Å². The monoisotopic (exact) mass is 316 g/mol. The maximum absolute atomic E-state index is 11.2. The van der Waals surface area contributed by atoms with E-state index in [-0.39, 0.29) is 12.1 Å². The Morgan fingerprint density at radius 2 is 2.18 bits per heavy atom. The molecule has 0 unspecified atom stereocenters. The molecular weight excluding hydrogens is 300 g/mol. The second-order valence-corrected chi connectivity index (χ2v) is 6.59. The van der Waals surface area contributed by atoms with E-state index in [9.17, 15) is 9.90 Å². The summed E-state index contributed by atoms with van der Waals surface area (Å²) in [5, 5.41) is 19.1. The minimum absolute atomic E-state index is 0.0725. The molecule has 0 bridgehead atoms. The number of aromatic nitrogens is 1. The number of piperazine rings is 1. The standard InChI is InChI=1S/C15H16N4O2S/c1-9-8-19(15(20)21)10(2)7-18(9)14-17-12-4-3-11(6-16)5-13(12)22-14/h3-5,9-10H,7-8H2,1-2H3,(H,20,21)/t9-,10+/m0/s1. The molecule has 114 valence electrons. The molecule has 7 heteroatoms. The zero-order valence-corrected chi connectivity index (χ0v) is 13.2. The fourth-order valence-corrected chi connectivity index (χ4v) is 3.88. The van der Waals surface area contributed by atoms with Gasteiger partial charge in [-0.3, -0.25) is 0 Å². The largest absolute Gasteiger partial charge is 0.465 e. The number of carbonyl (C=O) groups is 1. The smallest absolute Gasteiger partial charge is 0.407 e. The second-order valence-electron chi connectivity index (χ2n) is 5.58. The molecule has 2 heterocycles. The van der Waals surface area contributed by atoms with Gasteiger partial charge in [-0.15, -0.1) is 0 Å². The number of benzene rings is 1. The van der Waals surface area contributed by atoms with Gasteiger partial charge >= 0.3 is 6.09 Å². The summed E-state index contributed by atoms with van der Waals surface area (Å²) in [5.41, 5.74) is 1.50. The average molecular weight is 316 g/mol. The van der Waals surface area contributed by atoms with Crippen LogP contribution in [-0.2, 0) is 0 Å². The van der Waals surface area contributed by atoms with E-state index < -0.39 is 6.09 Å². The third-order valence-electron chi connectivity index (χ3n) is 3.98. The van der Waals surface area contributed by atoms with Gasteiger partial charge < -0.3 is 14.9 Å². The Morgan fingerprint density at radius 3 is 2.86 bits per heavy atom. The minimum Gasteiger partial charge on any atom is -0.465 e. The lowest BCUT2D eigenvalue weighted by molar-refractivity contribution is 0.114. The molecule has 1 saturated heterocycles. The summed E-state index contributed by atoms with van der Waals surface area (Å²) >= 11 is 1.55. The molecule has 2 aromatic rings. The van der Waals surface area contributed by atoms with Gasteiger partial charge in [-0.05, 0) is 32.0 Å². The maximum atomic E-state index is 11.2. The van der Waals surface area contributed by atoms with Crippen molar-refractivity contribution in [3.05, 3.63) is 23.8 Å². The first-order valence-electron chi connectivity index (χ1n) is 7.06. The zero-order chi connectivity index (χ0) is 15.9. The van der Waals surface area contributed by atoms with Gasteiger partial charge in [-0.1, -0.05) is 11.3 Å². The molecule has 2 atom stereocenters. The van der Waals surface area contributed by atoms with E-state index >= 15 is 0 Å². The Hall–Kier alpha value is -2.33. The van der Waals surface area contributed by atoms with Crippen molar-refractivity contribution in [2.45, 2.75) is 25.9 Å². The van der Waals surface area contributed by atoms with Crippen LogP contribution in [0.25, 0.3) is 10.2 Å². The predicted molar refractivity (Wildman–Crippen MR) is 85.3 cm³/mol. The van der Waals surface area contributed by atoms with Crippen molar-refractivity contribution >= 4 is 32.8 Å². The van der Waals surface area contributed by atoms with Crippen molar-refractivity contribution in [1.82, 2.24) is 9.88 Å². The lowest BCUT2D eigenvalue weighted by atomic mass is 10.1. The van der Waals surface area contributed by atoms with Gasteiger partial charge in [-0.2, -0.15) is 5.26 Å². The summed E-state index contributed by atoms with van der Waals surface area (Å²) in [4.78, 5) is 19.5. The van der Waals surface area contributed by atoms with Gasteiger partial charge in [-0.25, -0.2) is 9.78 Å². The Labute approximate surface area is 132 Å². The number of anilines is 1. The second kappa shape index (κ2) is 5.46. The maximum Gasteiger partial charge on any atom is 0.407 e. The number of carboxylic acid groups (broad SMARTS) is 1. The molecular formula is C15H16N4O2S. The summed E-state index contributed by atoms with van der Waals surface area (Å²) in [6.07, 6.45) is -0.873. The van der Waals surface area contributed by atoms with Gasteiger partial charge in [0.2, 0.25) is 0 Å². The molecule has 0 saturated carbocycles. The number of rotatable bonds is 1. The van der Waals surface area contributed by atoms with Crippen LogP contribution in [0.4, 0.5) is 9.93 Å². The molecule has 0 aliphatic carbocycles. The summed E-state index contributed by atoms with van der Waals surface area (Å²) in [5.74, 6) is 0. The van der Waals surface area contributed by atoms with Crippen molar-refractivity contribution in [2.75, 3.05) is 18.0 Å². The SMILES string of the molecule is C[C@@H]1CN(c2nc3ccc(C#N)cc3s2)[C@@H](C)CN1C(=O)O. The van der Waals surface area contributed by atoms with E-state index in [1.165, 1.54) is 4.90 Å². The number of thiazole rings is 1. The Bertz CT molecular complexity index is 766. The third kappa shape index (κ3) is 2.46. The molecule has 1 aliphatic rings. The number of hydrogen-bond acceptors (Lipinski definition) is 5. The Kier molecular flexibility index (Phi) is 3.62. The predicted octanol–water partition coefficient (Wildman–Crippen LogP) is 2.74. The van der Waals surface area contributed by atoms with Gasteiger partial charge in [0, 0.05) is 25.2 Å². The van der Waals surface area contributed by atoms with Crippen molar-refractivity contribution < 1.29 is 9.90 Å². The molecule has 1 fully saturated rings. The van der Waals surface area contributed by atoms with Crippen LogP contribution in [0.1, 0.15) is 19.4 Å². The van der Waals surface area contributed by atoms with Crippen LogP contribution >= 0.6 is 11.3 Å². The fraction of sp³-hybridized carbons (Fsp3) is 0.400. The topological polar surface area (TPSA) is 80.5 Å². The van der Waals surface area contributed by atoms with E-state index in [2.05, 4.69) is 16.0 Å². The van der Waals surface area contributed by atoms with Crippen molar-refractivity contribution in [1.29, 1.82) is 5.26 Å². The Balaban J connectivity index is 1.91. The van der Waals surface area contributed by atoms with Crippen molar-refractivity contribution in [3.8, 4) is 6.07 Å². The molecule has 0 spiro atoms.